The number of benzene rings is 1. The minimum atomic E-state index is -0.815. The Hall–Kier alpha value is -2.25. The molecule has 0 aromatic heterocycles. The molecule has 0 unspecified atom stereocenters. The molecule has 0 saturated carbocycles. The molecule has 146 valence electrons. The molecular formula is C20H26FN3O3. The molecule has 2 saturated heterocycles. The monoisotopic (exact) mass is 375 g/mol. The molecule has 0 radical (unpaired) electrons. The first-order chi connectivity index (χ1) is 13.0. The number of hydrogen-bond donors (Lipinski definition) is 1. The van der Waals surface area contributed by atoms with Gasteiger partial charge in [-0.15, -0.1) is 6.58 Å². The largest absolute Gasteiger partial charge is 0.356 e. The van der Waals surface area contributed by atoms with Crippen LogP contribution in [0.1, 0.15) is 24.4 Å². The van der Waals surface area contributed by atoms with Crippen molar-refractivity contribution in [2.45, 2.75) is 31.0 Å². The molecule has 3 rings (SSSR count). The molecule has 2 aliphatic rings. The second kappa shape index (κ2) is 8.63. The van der Waals surface area contributed by atoms with E-state index in [9.17, 15) is 14.0 Å². The first kappa shape index (κ1) is 19.5. The highest BCUT2D eigenvalue weighted by atomic mass is 19.1. The summed E-state index contributed by atoms with van der Waals surface area (Å²) in [6, 6.07) is 5.34. The molecule has 7 heteroatoms. The fourth-order valence-electron chi connectivity index (χ4n) is 3.72. The van der Waals surface area contributed by atoms with Gasteiger partial charge in [0.25, 0.3) is 5.91 Å². The molecular weight excluding hydrogens is 349 g/mol. The summed E-state index contributed by atoms with van der Waals surface area (Å²) in [5.74, 6) is -0.798. The average molecular weight is 375 g/mol. The highest BCUT2D eigenvalue weighted by Gasteiger charge is 2.40. The van der Waals surface area contributed by atoms with E-state index in [0.717, 1.165) is 32.5 Å². The normalized spacial score (nSPS) is 24.7. The van der Waals surface area contributed by atoms with Crippen molar-refractivity contribution < 1.29 is 18.7 Å². The van der Waals surface area contributed by atoms with Crippen LogP contribution >= 0.6 is 0 Å². The van der Waals surface area contributed by atoms with E-state index < -0.39 is 12.1 Å². The van der Waals surface area contributed by atoms with E-state index in [2.05, 4.69) is 16.8 Å². The van der Waals surface area contributed by atoms with E-state index >= 15 is 0 Å². The molecule has 6 nitrogen and oxygen atoms in total. The van der Waals surface area contributed by atoms with Gasteiger partial charge in [-0.1, -0.05) is 18.2 Å². The predicted octanol–water partition coefficient (Wildman–Crippen LogP) is 1.49. The zero-order chi connectivity index (χ0) is 19.4. The predicted molar refractivity (Wildman–Crippen MR) is 99.5 cm³/mol. The van der Waals surface area contributed by atoms with Crippen LogP contribution in [0.25, 0.3) is 0 Å². The summed E-state index contributed by atoms with van der Waals surface area (Å²) in [4.78, 5) is 28.8. The van der Waals surface area contributed by atoms with E-state index in [1.54, 1.807) is 19.2 Å². The Morgan fingerprint density at radius 3 is 2.63 bits per heavy atom. The standard InChI is InChI=1S/C20H26FN3O3/c1-3-10-24-11-8-16(9-12-24)22-20(26)19-18(23(2)17(25)13-27-19)14-4-6-15(21)7-5-14/h3-7,16,18-19H,1,8-13H2,2H3,(H,22,26)/t18-,19+/m0/s1. The van der Waals surface area contributed by atoms with Crippen molar-refractivity contribution in [2.75, 3.05) is 33.3 Å². The Bertz CT molecular complexity index is 686. The average Bonchev–Trinajstić information content (AvgIpc) is 2.66. The number of carbonyl (C=O) groups excluding carboxylic acids is 2. The van der Waals surface area contributed by atoms with Crippen molar-refractivity contribution in [2.24, 2.45) is 0 Å². The van der Waals surface area contributed by atoms with Crippen LogP contribution in [0.15, 0.2) is 36.9 Å². The zero-order valence-corrected chi connectivity index (χ0v) is 15.6. The molecule has 2 fully saturated rings. The van der Waals surface area contributed by atoms with Crippen molar-refractivity contribution in [3.63, 3.8) is 0 Å². The SMILES string of the molecule is C=CCN1CCC(NC(=O)[C@@H]2OCC(=O)N(C)[C@H]2c2ccc(F)cc2)CC1. The Morgan fingerprint density at radius 1 is 1.33 bits per heavy atom. The molecule has 2 amide bonds. The maximum atomic E-state index is 13.3. The van der Waals surface area contributed by atoms with Gasteiger partial charge in [-0.05, 0) is 30.5 Å². The van der Waals surface area contributed by atoms with E-state index in [1.807, 2.05) is 6.08 Å². The van der Waals surface area contributed by atoms with Crippen LogP contribution in [0.2, 0.25) is 0 Å². The number of amides is 2. The molecule has 1 aromatic rings. The van der Waals surface area contributed by atoms with Gasteiger partial charge in [0.2, 0.25) is 5.91 Å². The van der Waals surface area contributed by atoms with Gasteiger partial charge in [0.05, 0.1) is 6.04 Å². The lowest BCUT2D eigenvalue weighted by Gasteiger charge is -2.39. The van der Waals surface area contributed by atoms with Gasteiger partial charge in [0, 0.05) is 32.7 Å². The zero-order valence-electron chi connectivity index (χ0n) is 15.6. The molecule has 0 bridgehead atoms. The lowest BCUT2D eigenvalue weighted by molar-refractivity contribution is -0.162. The Balaban J connectivity index is 1.69. The minimum Gasteiger partial charge on any atom is -0.356 e. The second-order valence-electron chi connectivity index (χ2n) is 7.10. The van der Waals surface area contributed by atoms with Crippen LogP contribution in [0.5, 0.6) is 0 Å². The first-order valence-electron chi connectivity index (χ1n) is 9.26. The number of ether oxygens (including phenoxy) is 1. The number of hydrogen-bond acceptors (Lipinski definition) is 4. The Labute approximate surface area is 159 Å². The molecule has 2 aliphatic heterocycles. The van der Waals surface area contributed by atoms with Gasteiger partial charge in [0.1, 0.15) is 12.4 Å². The van der Waals surface area contributed by atoms with Gasteiger partial charge in [-0.25, -0.2) is 4.39 Å². The van der Waals surface area contributed by atoms with Crippen LogP contribution in [0.4, 0.5) is 4.39 Å². The van der Waals surface area contributed by atoms with E-state index in [4.69, 9.17) is 4.74 Å². The fraction of sp³-hybridized carbons (Fsp3) is 0.500. The number of likely N-dealkylation sites (tertiary alicyclic amines) is 1. The van der Waals surface area contributed by atoms with Gasteiger partial charge in [-0.3, -0.25) is 14.5 Å². The summed E-state index contributed by atoms with van der Waals surface area (Å²) in [7, 11) is 1.65. The lowest BCUT2D eigenvalue weighted by Crippen LogP contribution is -2.55. The molecule has 27 heavy (non-hydrogen) atoms. The van der Waals surface area contributed by atoms with E-state index in [1.165, 1.54) is 17.0 Å². The molecule has 1 aromatic carbocycles. The summed E-state index contributed by atoms with van der Waals surface area (Å²) in [6.07, 6.45) is 2.80. The number of carbonyl (C=O) groups is 2. The number of nitrogens with one attached hydrogen (secondary N) is 1. The van der Waals surface area contributed by atoms with E-state index in [-0.39, 0.29) is 30.3 Å². The summed E-state index contributed by atoms with van der Waals surface area (Å²) in [5.41, 5.74) is 0.674. The van der Waals surface area contributed by atoms with Crippen LogP contribution in [-0.4, -0.2) is 67.0 Å². The fourth-order valence-corrected chi connectivity index (χ4v) is 3.72. The van der Waals surface area contributed by atoms with Crippen LogP contribution in [-0.2, 0) is 14.3 Å². The molecule has 2 atom stereocenters. The lowest BCUT2D eigenvalue weighted by atomic mass is 9.96. The van der Waals surface area contributed by atoms with Crippen molar-refractivity contribution >= 4 is 11.8 Å². The van der Waals surface area contributed by atoms with Crippen molar-refractivity contribution in [1.82, 2.24) is 15.1 Å². The third-order valence-corrected chi connectivity index (χ3v) is 5.27. The highest BCUT2D eigenvalue weighted by Crippen LogP contribution is 2.29. The third-order valence-electron chi connectivity index (χ3n) is 5.27. The number of morpholine rings is 1. The quantitative estimate of drug-likeness (QED) is 0.792. The van der Waals surface area contributed by atoms with Crippen LogP contribution in [0, 0.1) is 5.82 Å². The number of halogens is 1. The first-order valence-corrected chi connectivity index (χ1v) is 9.26. The molecule has 1 N–H and O–H groups in total. The topological polar surface area (TPSA) is 61.9 Å². The number of piperidine rings is 1. The maximum Gasteiger partial charge on any atom is 0.251 e. The molecule has 2 heterocycles. The van der Waals surface area contributed by atoms with Crippen molar-refractivity contribution in [1.29, 1.82) is 0 Å². The number of rotatable bonds is 5. The highest BCUT2D eigenvalue weighted by molar-refractivity contribution is 5.86. The van der Waals surface area contributed by atoms with Crippen LogP contribution in [0.3, 0.4) is 0 Å². The van der Waals surface area contributed by atoms with E-state index in [0.29, 0.717) is 5.56 Å². The van der Waals surface area contributed by atoms with Crippen molar-refractivity contribution in [3.8, 4) is 0 Å². The Kier molecular flexibility index (Phi) is 6.23. The Morgan fingerprint density at radius 2 is 2.00 bits per heavy atom. The minimum absolute atomic E-state index is 0.0824. The van der Waals surface area contributed by atoms with Gasteiger partial charge in [0.15, 0.2) is 6.10 Å². The summed E-state index contributed by atoms with van der Waals surface area (Å²) in [6.45, 7) is 6.28. The summed E-state index contributed by atoms with van der Waals surface area (Å²) in [5, 5.41) is 3.07. The number of nitrogens with zero attached hydrogens (tertiary/aromatic N) is 2. The second-order valence-corrected chi connectivity index (χ2v) is 7.10. The summed E-state index contributed by atoms with van der Waals surface area (Å²) < 4.78 is 18.9. The molecule has 0 aliphatic carbocycles. The number of likely N-dealkylation sites (N-methyl/N-ethyl adjacent to an activating group) is 1. The smallest absolute Gasteiger partial charge is 0.251 e. The van der Waals surface area contributed by atoms with Gasteiger partial charge < -0.3 is 15.0 Å². The third kappa shape index (κ3) is 4.54. The maximum absolute atomic E-state index is 13.3. The van der Waals surface area contributed by atoms with Crippen LogP contribution < -0.4 is 5.32 Å². The van der Waals surface area contributed by atoms with Gasteiger partial charge in [-0.2, -0.15) is 0 Å². The summed E-state index contributed by atoms with van der Waals surface area (Å²) >= 11 is 0. The molecule has 0 spiro atoms. The van der Waals surface area contributed by atoms with Gasteiger partial charge >= 0.3 is 0 Å². The van der Waals surface area contributed by atoms with Crippen molar-refractivity contribution in [3.05, 3.63) is 48.3 Å².